The molecule has 0 spiro atoms. The van der Waals surface area contributed by atoms with E-state index in [0.717, 1.165) is 0 Å². The number of carbonyl (C=O) groups is 7. The standard InChI is InChI=1S/C40H61N7O8/c1-7-24(5)32-38(53)42-28(21-26-14-10-9-11-15-26)34(49)43-29(22-48)39(54)46-18-12-17-31(46)37(52)45-33(25(6)8-2)40(55)47-19-13-16-30(47)36(51)41-27(20-23(3)4)35(50)44-32/h9-11,14-15,23-25,27-33,48H,7-8,12-13,16-22H2,1-6H3,(H,41,51)(H,42,53)(H,43,49)(H,44,50)(H,45,52)/t24-,25-,27+,28+,29+,30+,31+,32+,33+/m1/s1. The lowest BCUT2D eigenvalue weighted by Crippen LogP contribution is -2.61. The van der Waals surface area contributed by atoms with Gasteiger partial charge < -0.3 is 41.5 Å². The van der Waals surface area contributed by atoms with Gasteiger partial charge in [-0.2, -0.15) is 0 Å². The topological polar surface area (TPSA) is 206 Å². The van der Waals surface area contributed by atoms with Crippen LogP contribution in [-0.4, -0.2) is 118 Å². The van der Waals surface area contributed by atoms with Gasteiger partial charge in [-0.1, -0.05) is 84.7 Å². The molecule has 6 N–H and O–H groups in total. The van der Waals surface area contributed by atoms with Gasteiger partial charge in [0.15, 0.2) is 0 Å². The van der Waals surface area contributed by atoms with Gasteiger partial charge in [-0.05, 0) is 55.4 Å². The third kappa shape index (κ3) is 10.8. The van der Waals surface area contributed by atoms with Crippen molar-refractivity contribution in [3.63, 3.8) is 0 Å². The van der Waals surface area contributed by atoms with Crippen LogP contribution in [0.25, 0.3) is 0 Å². The van der Waals surface area contributed by atoms with Crippen molar-refractivity contribution in [2.45, 2.75) is 135 Å². The summed E-state index contributed by atoms with van der Waals surface area (Å²) in [4.78, 5) is 101. The summed E-state index contributed by atoms with van der Waals surface area (Å²) in [5.74, 6) is -4.82. The van der Waals surface area contributed by atoms with Gasteiger partial charge in [0.05, 0.1) is 6.61 Å². The summed E-state index contributed by atoms with van der Waals surface area (Å²) in [5, 5.41) is 24.4. The predicted octanol–water partition coefficient (Wildman–Crippen LogP) is 0.779. The molecule has 0 aromatic heterocycles. The molecule has 304 valence electrons. The zero-order valence-corrected chi connectivity index (χ0v) is 33.1. The lowest BCUT2D eigenvalue weighted by molar-refractivity contribution is -0.145. The van der Waals surface area contributed by atoms with E-state index < -0.39 is 90.3 Å². The van der Waals surface area contributed by atoms with Crippen molar-refractivity contribution in [2.24, 2.45) is 17.8 Å². The minimum atomic E-state index is -1.43. The van der Waals surface area contributed by atoms with Crippen molar-refractivity contribution in [1.29, 1.82) is 0 Å². The molecule has 0 bridgehead atoms. The molecule has 3 fully saturated rings. The van der Waals surface area contributed by atoms with Gasteiger partial charge in [-0.25, -0.2) is 0 Å². The summed E-state index contributed by atoms with van der Waals surface area (Å²) >= 11 is 0. The van der Waals surface area contributed by atoms with Crippen molar-refractivity contribution < 1.29 is 38.7 Å². The number of rotatable bonds is 9. The van der Waals surface area contributed by atoms with Gasteiger partial charge >= 0.3 is 0 Å². The zero-order chi connectivity index (χ0) is 40.4. The number of carbonyl (C=O) groups excluding carboxylic acids is 7. The van der Waals surface area contributed by atoms with Crippen LogP contribution < -0.4 is 26.6 Å². The number of amides is 7. The van der Waals surface area contributed by atoms with E-state index in [1.165, 1.54) is 9.80 Å². The van der Waals surface area contributed by atoms with E-state index in [4.69, 9.17) is 0 Å². The Kier molecular flexibility index (Phi) is 15.6. The maximum atomic E-state index is 14.2. The highest BCUT2D eigenvalue weighted by molar-refractivity contribution is 5.99. The Morgan fingerprint density at radius 1 is 0.618 bits per heavy atom. The first-order chi connectivity index (χ1) is 26.2. The van der Waals surface area contributed by atoms with E-state index in [2.05, 4.69) is 26.6 Å². The number of hydrogen-bond acceptors (Lipinski definition) is 8. The summed E-state index contributed by atoms with van der Waals surface area (Å²) in [6, 6.07) is 1.36. The van der Waals surface area contributed by atoms with Crippen LogP contribution in [0, 0.1) is 17.8 Å². The van der Waals surface area contributed by atoms with Crippen LogP contribution in [0.5, 0.6) is 0 Å². The molecule has 55 heavy (non-hydrogen) atoms. The normalized spacial score (nSPS) is 28.9. The van der Waals surface area contributed by atoms with Crippen LogP contribution in [-0.2, 0) is 40.0 Å². The van der Waals surface area contributed by atoms with Crippen LogP contribution in [0.15, 0.2) is 30.3 Å². The Hall–Kier alpha value is -4.53. The molecule has 1 aromatic carbocycles. The van der Waals surface area contributed by atoms with E-state index >= 15 is 0 Å². The number of aliphatic hydroxyl groups is 1. The quantitative estimate of drug-likeness (QED) is 0.211. The molecule has 0 radical (unpaired) electrons. The van der Waals surface area contributed by atoms with Gasteiger partial charge in [0.1, 0.15) is 42.3 Å². The first-order valence-electron chi connectivity index (χ1n) is 20.0. The molecule has 3 aliphatic heterocycles. The minimum Gasteiger partial charge on any atom is -0.394 e. The Labute approximate surface area is 324 Å². The SMILES string of the molecule is CC[C@@H](C)[C@@H]1NC(=O)[C@H](CC(C)C)NC(=O)[C@@H]2CCCN2C(=O)[C@H]([C@H](C)CC)NC(=O)[C@@H]2CCCN2C(=O)[C@H](CO)NC(=O)[C@H](Cc2ccccc2)NC1=O. The average molecular weight is 768 g/mol. The van der Waals surface area contributed by atoms with Gasteiger partial charge in [0.25, 0.3) is 0 Å². The highest BCUT2D eigenvalue weighted by atomic mass is 16.3. The number of fused-ring (bicyclic) bond motifs is 2. The Bertz CT molecular complexity index is 1540. The number of benzene rings is 1. The van der Waals surface area contributed by atoms with Crippen molar-refractivity contribution in [3.05, 3.63) is 35.9 Å². The molecule has 3 heterocycles. The largest absolute Gasteiger partial charge is 0.394 e. The second kappa shape index (κ2) is 19.9. The van der Waals surface area contributed by atoms with Gasteiger partial charge in [-0.15, -0.1) is 0 Å². The third-order valence-corrected chi connectivity index (χ3v) is 11.3. The van der Waals surface area contributed by atoms with Crippen LogP contribution in [0.3, 0.4) is 0 Å². The Balaban J connectivity index is 1.77. The predicted molar refractivity (Wildman–Crippen MR) is 205 cm³/mol. The number of nitrogens with zero attached hydrogens (tertiary/aromatic N) is 2. The molecule has 3 aliphatic rings. The minimum absolute atomic E-state index is 0.0241. The Morgan fingerprint density at radius 2 is 1.11 bits per heavy atom. The maximum Gasteiger partial charge on any atom is 0.248 e. The monoisotopic (exact) mass is 767 g/mol. The fourth-order valence-electron chi connectivity index (χ4n) is 7.62. The van der Waals surface area contributed by atoms with Crippen LogP contribution in [0.4, 0.5) is 0 Å². The summed E-state index contributed by atoms with van der Waals surface area (Å²) in [6.07, 6.45) is 3.03. The summed E-state index contributed by atoms with van der Waals surface area (Å²) < 4.78 is 0. The van der Waals surface area contributed by atoms with Crippen LogP contribution in [0.1, 0.15) is 92.1 Å². The molecule has 15 heteroatoms. The second-order valence-corrected chi connectivity index (χ2v) is 15.8. The molecule has 0 unspecified atom stereocenters. The lowest BCUT2D eigenvalue weighted by atomic mass is 9.95. The van der Waals surface area contributed by atoms with Crippen molar-refractivity contribution in [3.8, 4) is 0 Å². The van der Waals surface area contributed by atoms with E-state index in [1.807, 2.05) is 40.7 Å². The molecular formula is C40H61N7O8. The first-order valence-corrected chi connectivity index (χ1v) is 20.0. The van der Waals surface area contributed by atoms with E-state index in [0.29, 0.717) is 44.1 Å². The van der Waals surface area contributed by atoms with Gasteiger partial charge in [0.2, 0.25) is 41.4 Å². The highest BCUT2D eigenvalue weighted by Gasteiger charge is 2.44. The summed E-state index contributed by atoms with van der Waals surface area (Å²) in [5.41, 5.74) is 0.715. The molecular weight excluding hydrogens is 706 g/mol. The fraction of sp³-hybridized carbons (Fsp3) is 0.675. The maximum absolute atomic E-state index is 14.2. The average Bonchev–Trinajstić information content (AvgIpc) is 3.87. The molecule has 1 aromatic rings. The molecule has 3 saturated heterocycles. The Morgan fingerprint density at radius 3 is 1.67 bits per heavy atom. The molecule has 15 nitrogen and oxygen atoms in total. The molecule has 7 amide bonds. The molecule has 0 saturated carbocycles. The van der Waals surface area contributed by atoms with Crippen LogP contribution >= 0.6 is 0 Å². The third-order valence-electron chi connectivity index (χ3n) is 11.3. The number of nitrogens with one attached hydrogen (secondary N) is 5. The molecule has 0 aliphatic carbocycles. The van der Waals surface area contributed by atoms with E-state index in [9.17, 15) is 38.7 Å². The molecule has 4 rings (SSSR count). The summed E-state index contributed by atoms with van der Waals surface area (Å²) in [7, 11) is 0. The second-order valence-electron chi connectivity index (χ2n) is 15.8. The van der Waals surface area contributed by atoms with E-state index in [-0.39, 0.29) is 43.7 Å². The lowest BCUT2D eigenvalue weighted by Gasteiger charge is -2.34. The fourth-order valence-corrected chi connectivity index (χ4v) is 7.62. The zero-order valence-electron chi connectivity index (χ0n) is 33.1. The number of hydrogen-bond donors (Lipinski definition) is 6. The van der Waals surface area contributed by atoms with Crippen LogP contribution in [0.2, 0.25) is 0 Å². The van der Waals surface area contributed by atoms with Gasteiger partial charge in [-0.3, -0.25) is 33.6 Å². The molecule has 9 atom stereocenters. The van der Waals surface area contributed by atoms with E-state index in [1.54, 1.807) is 31.2 Å². The van der Waals surface area contributed by atoms with Crippen molar-refractivity contribution >= 4 is 41.4 Å². The first kappa shape index (κ1) is 43.2. The number of aliphatic hydroxyl groups excluding tert-OH is 1. The highest BCUT2D eigenvalue weighted by Crippen LogP contribution is 2.24. The van der Waals surface area contributed by atoms with Crippen molar-refractivity contribution in [2.75, 3.05) is 19.7 Å². The smallest absolute Gasteiger partial charge is 0.248 e. The van der Waals surface area contributed by atoms with Crippen molar-refractivity contribution in [1.82, 2.24) is 36.4 Å². The summed E-state index contributed by atoms with van der Waals surface area (Å²) in [6.45, 7) is 10.9. The van der Waals surface area contributed by atoms with Gasteiger partial charge in [0, 0.05) is 19.5 Å².